The van der Waals surface area contributed by atoms with Crippen LogP contribution in [-0.2, 0) is 4.74 Å². The van der Waals surface area contributed by atoms with Crippen LogP contribution in [0.3, 0.4) is 0 Å². The van der Waals surface area contributed by atoms with Crippen LogP contribution in [0.1, 0.15) is 35.3 Å². The second kappa shape index (κ2) is 5.33. The summed E-state index contributed by atoms with van der Waals surface area (Å²) < 4.78 is 9.86. The molecule has 1 fully saturated rings. The number of methoxy groups -OCH3 is 1. The number of carbonyl (C=O) groups is 1. The zero-order valence-corrected chi connectivity index (χ0v) is 9.81. The molecule has 0 amide bonds. The Morgan fingerprint density at radius 2 is 2.24 bits per heavy atom. The van der Waals surface area contributed by atoms with Crippen molar-refractivity contribution in [3.63, 3.8) is 0 Å². The Balaban J connectivity index is 2.05. The average Bonchev–Trinajstić information content (AvgIpc) is 2.87. The monoisotopic (exact) mass is 239 g/mol. The molecule has 0 bridgehead atoms. The molecule has 1 aromatic heterocycles. The fourth-order valence-electron chi connectivity index (χ4n) is 2.11. The van der Waals surface area contributed by atoms with Gasteiger partial charge < -0.3 is 19.6 Å². The summed E-state index contributed by atoms with van der Waals surface area (Å²) in [5.74, 6) is 0.245. The van der Waals surface area contributed by atoms with E-state index in [0.717, 1.165) is 25.9 Å². The molecule has 0 spiro atoms. The second-order valence-corrected chi connectivity index (χ2v) is 4.23. The molecule has 17 heavy (non-hydrogen) atoms. The minimum absolute atomic E-state index is 0.135. The number of hydrogen-bond donors (Lipinski definition) is 2. The third kappa shape index (κ3) is 2.68. The zero-order chi connectivity index (χ0) is 12.3. The molecular formula is C12H17NO4. The van der Waals surface area contributed by atoms with E-state index in [4.69, 9.17) is 4.42 Å². The lowest BCUT2D eigenvalue weighted by atomic mass is 9.91. The Hall–Kier alpha value is -1.33. The van der Waals surface area contributed by atoms with Gasteiger partial charge in [0.15, 0.2) is 0 Å². The van der Waals surface area contributed by atoms with Crippen LogP contribution in [0, 0.1) is 5.92 Å². The number of furan rings is 1. The Morgan fingerprint density at radius 1 is 1.53 bits per heavy atom. The van der Waals surface area contributed by atoms with Gasteiger partial charge in [-0.1, -0.05) is 0 Å². The van der Waals surface area contributed by atoms with Crippen molar-refractivity contribution in [2.45, 2.75) is 18.9 Å². The van der Waals surface area contributed by atoms with Crippen molar-refractivity contribution < 1.29 is 19.1 Å². The van der Waals surface area contributed by atoms with E-state index in [1.807, 2.05) is 0 Å². The number of ether oxygens (including phenoxy) is 1. The van der Waals surface area contributed by atoms with Crippen LogP contribution in [0.25, 0.3) is 0 Å². The highest BCUT2D eigenvalue weighted by Crippen LogP contribution is 2.29. The number of hydrogen-bond acceptors (Lipinski definition) is 5. The Kier molecular flexibility index (Phi) is 3.81. The average molecular weight is 239 g/mol. The molecule has 1 aliphatic rings. The third-order valence-corrected chi connectivity index (χ3v) is 3.14. The lowest BCUT2D eigenvalue weighted by molar-refractivity contribution is 0.0514. The van der Waals surface area contributed by atoms with Gasteiger partial charge in [0.2, 0.25) is 5.76 Å². The molecule has 1 unspecified atom stereocenters. The van der Waals surface area contributed by atoms with Crippen molar-refractivity contribution in [3.05, 3.63) is 23.7 Å². The van der Waals surface area contributed by atoms with Crippen molar-refractivity contribution in [2.75, 3.05) is 20.2 Å². The summed E-state index contributed by atoms with van der Waals surface area (Å²) in [7, 11) is 1.30. The van der Waals surface area contributed by atoms with E-state index >= 15 is 0 Å². The molecule has 5 heteroatoms. The van der Waals surface area contributed by atoms with E-state index in [2.05, 4.69) is 10.1 Å². The van der Waals surface area contributed by atoms with Gasteiger partial charge in [-0.15, -0.1) is 0 Å². The smallest absolute Gasteiger partial charge is 0.373 e. The SMILES string of the molecule is COC(=O)c1ccc(C(O)C2CCNCC2)o1. The molecule has 2 rings (SSSR count). The molecule has 1 aliphatic heterocycles. The summed E-state index contributed by atoms with van der Waals surface area (Å²) in [5.41, 5.74) is 0. The van der Waals surface area contributed by atoms with Gasteiger partial charge in [-0.3, -0.25) is 0 Å². The normalized spacial score (nSPS) is 18.9. The van der Waals surface area contributed by atoms with Crippen molar-refractivity contribution in [3.8, 4) is 0 Å². The van der Waals surface area contributed by atoms with Gasteiger partial charge >= 0.3 is 5.97 Å². The van der Waals surface area contributed by atoms with Crippen LogP contribution >= 0.6 is 0 Å². The first-order chi connectivity index (χ1) is 8.22. The van der Waals surface area contributed by atoms with Crippen molar-refractivity contribution in [1.29, 1.82) is 0 Å². The first-order valence-electron chi connectivity index (χ1n) is 5.79. The number of nitrogens with one attached hydrogen (secondary N) is 1. The van der Waals surface area contributed by atoms with E-state index < -0.39 is 12.1 Å². The van der Waals surface area contributed by atoms with Gasteiger partial charge in [0.1, 0.15) is 11.9 Å². The molecule has 94 valence electrons. The molecule has 0 radical (unpaired) electrons. The summed E-state index contributed by atoms with van der Waals surface area (Å²) in [6.45, 7) is 1.82. The van der Waals surface area contributed by atoms with E-state index in [1.165, 1.54) is 13.2 Å². The molecule has 1 aromatic rings. The maximum Gasteiger partial charge on any atom is 0.373 e. The molecule has 1 atom stereocenters. The molecule has 2 N–H and O–H groups in total. The molecule has 0 aromatic carbocycles. The lowest BCUT2D eigenvalue weighted by Gasteiger charge is -2.25. The topological polar surface area (TPSA) is 71.7 Å². The summed E-state index contributed by atoms with van der Waals surface area (Å²) >= 11 is 0. The van der Waals surface area contributed by atoms with Crippen LogP contribution in [0.2, 0.25) is 0 Å². The number of rotatable bonds is 3. The second-order valence-electron chi connectivity index (χ2n) is 4.23. The van der Waals surface area contributed by atoms with Crippen LogP contribution in [0.5, 0.6) is 0 Å². The first-order valence-corrected chi connectivity index (χ1v) is 5.79. The number of piperidine rings is 1. The van der Waals surface area contributed by atoms with Gasteiger partial charge in [-0.05, 0) is 44.0 Å². The van der Waals surface area contributed by atoms with E-state index in [-0.39, 0.29) is 11.7 Å². The predicted molar refractivity (Wildman–Crippen MR) is 60.6 cm³/mol. The van der Waals surface area contributed by atoms with Gasteiger partial charge in [0.05, 0.1) is 7.11 Å². The van der Waals surface area contributed by atoms with Crippen LogP contribution in [-0.4, -0.2) is 31.3 Å². The largest absolute Gasteiger partial charge is 0.463 e. The van der Waals surface area contributed by atoms with Gasteiger partial charge in [0, 0.05) is 0 Å². The Labute approximate surface area is 99.8 Å². The molecule has 0 aliphatic carbocycles. The molecule has 5 nitrogen and oxygen atoms in total. The highest BCUT2D eigenvalue weighted by atomic mass is 16.5. The van der Waals surface area contributed by atoms with Crippen LogP contribution < -0.4 is 5.32 Å². The third-order valence-electron chi connectivity index (χ3n) is 3.14. The van der Waals surface area contributed by atoms with E-state index in [1.54, 1.807) is 6.07 Å². The minimum Gasteiger partial charge on any atom is -0.463 e. The quantitative estimate of drug-likeness (QED) is 0.773. The number of aliphatic hydroxyl groups is 1. The maximum atomic E-state index is 11.2. The summed E-state index contributed by atoms with van der Waals surface area (Å²) in [4.78, 5) is 11.2. The Morgan fingerprint density at radius 3 is 2.88 bits per heavy atom. The van der Waals surface area contributed by atoms with E-state index in [9.17, 15) is 9.90 Å². The summed E-state index contributed by atoms with van der Waals surface area (Å²) in [6, 6.07) is 3.17. The lowest BCUT2D eigenvalue weighted by Crippen LogP contribution is -2.30. The van der Waals surface area contributed by atoms with Gasteiger partial charge in [0.25, 0.3) is 0 Å². The predicted octanol–water partition coefficient (Wildman–Crippen LogP) is 1.10. The number of aliphatic hydroxyl groups excluding tert-OH is 1. The summed E-state index contributed by atoms with van der Waals surface area (Å²) in [5, 5.41) is 13.4. The van der Waals surface area contributed by atoms with E-state index in [0.29, 0.717) is 5.76 Å². The first kappa shape index (κ1) is 12.1. The van der Waals surface area contributed by atoms with Crippen molar-refractivity contribution >= 4 is 5.97 Å². The van der Waals surface area contributed by atoms with Crippen LogP contribution in [0.4, 0.5) is 0 Å². The van der Waals surface area contributed by atoms with Crippen molar-refractivity contribution in [1.82, 2.24) is 5.32 Å². The summed E-state index contributed by atoms with van der Waals surface area (Å²) in [6.07, 6.45) is 1.18. The molecule has 0 saturated carbocycles. The number of carbonyl (C=O) groups excluding carboxylic acids is 1. The molecule has 2 heterocycles. The Bertz CT molecular complexity index is 382. The fraction of sp³-hybridized carbons (Fsp3) is 0.583. The standard InChI is InChI=1S/C12H17NO4/c1-16-12(15)10-3-2-9(17-10)11(14)8-4-6-13-7-5-8/h2-3,8,11,13-14H,4-7H2,1H3. The molecular weight excluding hydrogens is 222 g/mol. The zero-order valence-electron chi connectivity index (χ0n) is 9.81. The van der Waals surface area contributed by atoms with Crippen LogP contribution in [0.15, 0.2) is 16.5 Å². The number of esters is 1. The van der Waals surface area contributed by atoms with Crippen molar-refractivity contribution in [2.24, 2.45) is 5.92 Å². The highest BCUT2D eigenvalue weighted by molar-refractivity contribution is 5.86. The van der Waals surface area contributed by atoms with Gasteiger partial charge in [-0.2, -0.15) is 0 Å². The molecule has 1 saturated heterocycles. The minimum atomic E-state index is -0.643. The highest BCUT2D eigenvalue weighted by Gasteiger charge is 2.26. The van der Waals surface area contributed by atoms with Gasteiger partial charge in [-0.25, -0.2) is 4.79 Å². The maximum absolute atomic E-state index is 11.2. The fourth-order valence-corrected chi connectivity index (χ4v) is 2.11.